The van der Waals surface area contributed by atoms with E-state index in [4.69, 9.17) is 4.74 Å². The zero-order valence-corrected chi connectivity index (χ0v) is 12.0. The molecule has 0 saturated heterocycles. The Hall–Kier alpha value is -1.87. The summed E-state index contributed by atoms with van der Waals surface area (Å²) >= 11 is 0. The molecular weight excluding hydrogens is 255 g/mol. The summed E-state index contributed by atoms with van der Waals surface area (Å²) in [6.07, 6.45) is -0.238. The Balaban J connectivity index is 2.26. The van der Waals surface area contributed by atoms with Crippen LogP contribution in [0.4, 0.5) is 4.39 Å². The second-order valence-corrected chi connectivity index (χ2v) is 5.00. The van der Waals surface area contributed by atoms with E-state index in [9.17, 15) is 9.50 Å². The number of aryl methyl sites for hydroxylation is 2. The van der Waals surface area contributed by atoms with Crippen LogP contribution in [0, 0.1) is 19.7 Å². The van der Waals surface area contributed by atoms with Gasteiger partial charge in [-0.3, -0.25) is 0 Å². The average molecular weight is 274 g/mol. The van der Waals surface area contributed by atoms with Gasteiger partial charge in [0.05, 0.1) is 13.2 Å². The third-order valence-corrected chi connectivity index (χ3v) is 3.45. The second kappa shape index (κ2) is 6.06. The summed E-state index contributed by atoms with van der Waals surface area (Å²) in [5.41, 5.74) is 2.77. The van der Waals surface area contributed by atoms with Gasteiger partial charge in [-0.2, -0.15) is 0 Å². The van der Waals surface area contributed by atoms with Crippen molar-refractivity contribution in [2.75, 3.05) is 7.11 Å². The molecule has 20 heavy (non-hydrogen) atoms. The number of methoxy groups -OCH3 is 1. The van der Waals surface area contributed by atoms with E-state index in [1.165, 1.54) is 0 Å². The van der Waals surface area contributed by atoms with Crippen molar-refractivity contribution in [1.82, 2.24) is 0 Å². The van der Waals surface area contributed by atoms with Crippen molar-refractivity contribution in [3.8, 4) is 5.75 Å². The molecule has 0 amide bonds. The van der Waals surface area contributed by atoms with Crippen LogP contribution in [0.3, 0.4) is 0 Å². The minimum Gasteiger partial charge on any atom is -0.496 e. The first-order chi connectivity index (χ1) is 9.52. The smallest absolute Gasteiger partial charge is 0.129 e. The van der Waals surface area contributed by atoms with Crippen molar-refractivity contribution in [2.24, 2.45) is 0 Å². The number of hydrogen-bond acceptors (Lipinski definition) is 2. The highest BCUT2D eigenvalue weighted by atomic mass is 19.1. The molecule has 106 valence electrons. The molecule has 1 unspecified atom stereocenters. The monoisotopic (exact) mass is 274 g/mol. The van der Waals surface area contributed by atoms with Crippen molar-refractivity contribution >= 4 is 0 Å². The van der Waals surface area contributed by atoms with Gasteiger partial charge in [-0.25, -0.2) is 4.39 Å². The summed E-state index contributed by atoms with van der Waals surface area (Å²) in [6.45, 7) is 3.42. The van der Waals surface area contributed by atoms with E-state index in [2.05, 4.69) is 0 Å². The molecule has 2 aromatic rings. The summed E-state index contributed by atoms with van der Waals surface area (Å²) in [4.78, 5) is 0. The van der Waals surface area contributed by atoms with E-state index in [1.807, 2.05) is 24.3 Å². The van der Waals surface area contributed by atoms with Gasteiger partial charge < -0.3 is 9.84 Å². The molecule has 0 aliphatic carbocycles. The molecule has 2 rings (SSSR count). The fourth-order valence-corrected chi connectivity index (χ4v) is 2.37. The van der Waals surface area contributed by atoms with Crippen LogP contribution in [-0.4, -0.2) is 12.2 Å². The predicted molar refractivity (Wildman–Crippen MR) is 77.5 cm³/mol. The molecule has 2 aromatic carbocycles. The Morgan fingerprint density at radius 3 is 2.35 bits per heavy atom. The molecule has 1 N–H and O–H groups in total. The highest BCUT2D eigenvalue weighted by molar-refractivity contribution is 5.36. The van der Waals surface area contributed by atoms with Gasteiger partial charge in [-0.15, -0.1) is 0 Å². The van der Waals surface area contributed by atoms with Gasteiger partial charge in [0.2, 0.25) is 0 Å². The first kappa shape index (κ1) is 14.5. The minimum absolute atomic E-state index is 0.210. The van der Waals surface area contributed by atoms with Gasteiger partial charge >= 0.3 is 0 Å². The molecule has 0 heterocycles. The summed E-state index contributed by atoms with van der Waals surface area (Å²) in [7, 11) is 1.61. The molecule has 0 aromatic heterocycles. The topological polar surface area (TPSA) is 29.5 Å². The quantitative estimate of drug-likeness (QED) is 0.920. The Labute approximate surface area is 118 Å². The normalized spacial score (nSPS) is 12.2. The summed E-state index contributed by atoms with van der Waals surface area (Å²) in [6, 6.07) is 11.0. The van der Waals surface area contributed by atoms with Crippen LogP contribution in [0.2, 0.25) is 0 Å². The van der Waals surface area contributed by atoms with E-state index < -0.39 is 6.10 Å². The number of benzene rings is 2. The van der Waals surface area contributed by atoms with Gasteiger partial charge in [0, 0.05) is 6.42 Å². The maximum Gasteiger partial charge on any atom is 0.129 e. The molecule has 0 aliphatic rings. The van der Waals surface area contributed by atoms with Crippen LogP contribution < -0.4 is 4.74 Å². The van der Waals surface area contributed by atoms with Crippen molar-refractivity contribution in [3.05, 3.63) is 64.5 Å². The van der Waals surface area contributed by atoms with E-state index in [-0.39, 0.29) is 5.82 Å². The lowest BCUT2D eigenvalue weighted by atomic mass is 9.97. The van der Waals surface area contributed by atoms with Crippen LogP contribution in [0.1, 0.15) is 28.4 Å². The second-order valence-electron chi connectivity index (χ2n) is 5.00. The van der Waals surface area contributed by atoms with E-state index in [0.717, 1.165) is 16.9 Å². The maximum atomic E-state index is 13.6. The Bertz CT molecular complexity index is 585. The summed E-state index contributed by atoms with van der Waals surface area (Å²) in [5, 5.41) is 10.4. The molecule has 3 heteroatoms. The molecule has 2 nitrogen and oxygen atoms in total. The Morgan fingerprint density at radius 2 is 1.75 bits per heavy atom. The minimum atomic E-state index is -0.677. The lowest BCUT2D eigenvalue weighted by Crippen LogP contribution is -2.05. The van der Waals surface area contributed by atoms with Crippen molar-refractivity contribution in [2.45, 2.75) is 26.4 Å². The van der Waals surface area contributed by atoms with Gasteiger partial charge in [0.1, 0.15) is 11.6 Å². The number of aliphatic hydroxyl groups is 1. The largest absolute Gasteiger partial charge is 0.496 e. The Morgan fingerprint density at radius 1 is 1.15 bits per heavy atom. The zero-order valence-electron chi connectivity index (χ0n) is 12.0. The third kappa shape index (κ3) is 2.99. The van der Waals surface area contributed by atoms with Crippen LogP contribution in [0.25, 0.3) is 0 Å². The number of hydrogen-bond donors (Lipinski definition) is 1. The highest BCUT2D eigenvalue weighted by Gasteiger charge is 2.14. The van der Waals surface area contributed by atoms with Gasteiger partial charge in [-0.1, -0.05) is 30.3 Å². The third-order valence-electron chi connectivity index (χ3n) is 3.45. The maximum absolute atomic E-state index is 13.6. The van der Waals surface area contributed by atoms with Gasteiger partial charge in [0.15, 0.2) is 0 Å². The number of aliphatic hydroxyl groups excluding tert-OH is 1. The van der Waals surface area contributed by atoms with Crippen LogP contribution in [0.5, 0.6) is 5.75 Å². The molecule has 0 bridgehead atoms. The zero-order chi connectivity index (χ0) is 14.7. The lowest BCUT2D eigenvalue weighted by Gasteiger charge is -2.15. The number of rotatable bonds is 4. The average Bonchev–Trinajstić information content (AvgIpc) is 2.44. The number of halogens is 1. The fraction of sp³-hybridized carbons (Fsp3) is 0.294. The molecule has 0 radical (unpaired) electrons. The lowest BCUT2D eigenvalue weighted by molar-refractivity contribution is 0.177. The summed E-state index contributed by atoms with van der Waals surface area (Å²) in [5.74, 6) is 0.542. The first-order valence-corrected chi connectivity index (χ1v) is 6.59. The molecule has 0 aliphatic heterocycles. The molecular formula is C17H19FO2. The SMILES string of the molecule is COc1ccccc1CC(O)c1cc(C)c(F)c(C)c1. The molecule has 0 spiro atoms. The first-order valence-electron chi connectivity index (χ1n) is 6.59. The number of para-hydroxylation sites is 1. The van der Waals surface area contributed by atoms with Crippen molar-refractivity contribution in [3.63, 3.8) is 0 Å². The predicted octanol–water partition coefficient (Wildman–Crippen LogP) is 3.73. The van der Waals surface area contributed by atoms with Gasteiger partial charge in [-0.05, 0) is 42.2 Å². The molecule has 0 saturated carbocycles. The molecule has 1 atom stereocenters. The van der Waals surface area contributed by atoms with Crippen LogP contribution in [0.15, 0.2) is 36.4 Å². The van der Waals surface area contributed by atoms with Crippen molar-refractivity contribution in [1.29, 1.82) is 0 Å². The van der Waals surface area contributed by atoms with E-state index >= 15 is 0 Å². The summed E-state index contributed by atoms with van der Waals surface area (Å²) < 4.78 is 18.9. The van der Waals surface area contributed by atoms with Crippen molar-refractivity contribution < 1.29 is 14.2 Å². The van der Waals surface area contributed by atoms with E-state index in [1.54, 1.807) is 33.1 Å². The van der Waals surface area contributed by atoms with Crippen LogP contribution in [-0.2, 0) is 6.42 Å². The van der Waals surface area contributed by atoms with Gasteiger partial charge in [0.25, 0.3) is 0 Å². The Kier molecular flexibility index (Phi) is 4.40. The van der Waals surface area contributed by atoms with E-state index in [0.29, 0.717) is 17.5 Å². The molecule has 0 fully saturated rings. The van der Waals surface area contributed by atoms with Crippen LogP contribution >= 0.6 is 0 Å². The standard InChI is InChI=1S/C17H19FO2/c1-11-8-14(9-12(2)17(11)18)15(19)10-13-6-4-5-7-16(13)20-3/h4-9,15,19H,10H2,1-3H3. The fourth-order valence-electron chi connectivity index (χ4n) is 2.37. The number of ether oxygens (including phenoxy) is 1. The highest BCUT2D eigenvalue weighted by Crippen LogP contribution is 2.26.